The van der Waals surface area contributed by atoms with Crippen LogP contribution in [0, 0.1) is 0 Å². The second kappa shape index (κ2) is 28.0. The third kappa shape index (κ3) is 18.0. The first-order valence-corrected chi connectivity index (χ1v) is 38.3. The van der Waals surface area contributed by atoms with E-state index in [0.717, 1.165) is 18.1 Å². The van der Waals surface area contributed by atoms with Crippen LogP contribution in [0.4, 0.5) is 0 Å². The zero-order chi connectivity index (χ0) is 55.7. The van der Waals surface area contributed by atoms with E-state index >= 15 is 0 Å². The van der Waals surface area contributed by atoms with Crippen molar-refractivity contribution in [1.82, 2.24) is 0 Å². The normalized spacial score (nSPS) is 18.6. The SMILES string of the molecule is C=CCOP(=O)(OCC=C)O[C@H](C[C@H](\C=C/C=C\C=C\CO[Si](c1ccccc1)(c1ccccc1)C(C)(C)C)O[Si](C)(C)C(C)(C)C)[C@@](C)(/C=C/[C@@H]1OC(=O)C=C[C@@H]1O[Si](C)(C)C(C)(C)C)O[Si](CC)(CC)CC. The number of rotatable bonds is 30. The largest absolute Gasteiger partial charge is 0.475 e. The van der Waals surface area contributed by atoms with Crippen molar-refractivity contribution in [3.63, 3.8) is 0 Å². The van der Waals surface area contributed by atoms with Gasteiger partial charge in [0.1, 0.15) is 18.3 Å². The first-order chi connectivity index (χ1) is 34.4. The number of phosphoric ester groups is 1. The Labute approximate surface area is 452 Å². The maximum atomic E-state index is 14.9. The van der Waals surface area contributed by atoms with Crippen molar-refractivity contribution in [2.75, 3.05) is 19.8 Å². The molecule has 0 amide bonds. The van der Waals surface area contributed by atoms with Crippen LogP contribution in [0.1, 0.15) is 96.4 Å². The van der Waals surface area contributed by atoms with Crippen molar-refractivity contribution in [1.29, 1.82) is 0 Å². The minimum absolute atomic E-state index is 0.0893. The highest BCUT2D eigenvalue weighted by Crippen LogP contribution is 2.54. The summed E-state index contributed by atoms with van der Waals surface area (Å²) < 4.78 is 68.3. The molecule has 0 bridgehead atoms. The van der Waals surface area contributed by atoms with Gasteiger partial charge < -0.3 is 22.4 Å². The molecule has 1 aliphatic rings. The van der Waals surface area contributed by atoms with Crippen molar-refractivity contribution in [2.24, 2.45) is 0 Å². The van der Waals surface area contributed by atoms with E-state index in [9.17, 15) is 9.36 Å². The van der Waals surface area contributed by atoms with E-state index in [0.29, 0.717) is 6.61 Å². The van der Waals surface area contributed by atoms with Crippen molar-refractivity contribution in [2.45, 2.75) is 186 Å². The van der Waals surface area contributed by atoms with E-state index in [1.807, 2.05) is 49.5 Å². The van der Waals surface area contributed by atoms with Gasteiger partial charge in [0.2, 0.25) is 0 Å². The lowest BCUT2D eigenvalue weighted by molar-refractivity contribution is -0.145. The predicted octanol–water partition coefficient (Wildman–Crippen LogP) is 15.1. The standard InChI is InChI=1S/C59H95O10PSi4/c1-20-45-62-70(61,63-46-21-2)66-54(59(15,69-73(22-3,23-4)24-5)44-43-52-53(41-42-55(60)65-52)68-72(18,19)57(9,10)11)48-49(67-71(16,17)56(6,7)8)36-30-26-25-27-35-47-64-74(58(12,13)14,50-37-31-28-32-38-50)51-39-33-29-34-40-51/h20-21,25-44,49,52-54H,1-2,22-24,45-48H2,3-19H3/b26-25-,35-27+,36-30-,44-43+/t49-,52-,53-,54+,59+/m0/s1. The van der Waals surface area contributed by atoms with Gasteiger partial charge >= 0.3 is 13.8 Å². The molecule has 0 saturated heterocycles. The van der Waals surface area contributed by atoms with Crippen LogP contribution in [0.15, 0.2) is 147 Å². The number of phosphoric acid groups is 1. The van der Waals surface area contributed by atoms with Crippen LogP contribution in [0.3, 0.4) is 0 Å². The van der Waals surface area contributed by atoms with E-state index < -0.39 is 77.1 Å². The van der Waals surface area contributed by atoms with Gasteiger partial charge in [-0.1, -0.05) is 198 Å². The Morgan fingerprint density at radius 3 is 1.69 bits per heavy atom. The van der Waals surface area contributed by atoms with Gasteiger partial charge in [-0.2, -0.15) is 0 Å². The van der Waals surface area contributed by atoms with Gasteiger partial charge in [0.25, 0.3) is 8.32 Å². The van der Waals surface area contributed by atoms with Crippen LogP contribution < -0.4 is 10.4 Å². The summed E-state index contributed by atoms with van der Waals surface area (Å²) in [5.41, 5.74) is -1.29. The van der Waals surface area contributed by atoms with Crippen LogP contribution >= 0.6 is 7.82 Å². The number of hydrogen-bond acceptors (Lipinski definition) is 10. The lowest BCUT2D eigenvalue weighted by Gasteiger charge is -2.45. The van der Waals surface area contributed by atoms with Crippen molar-refractivity contribution >= 4 is 57.4 Å². The lowest BCUT2D eigenvalue weighted by atomic mass is 9.92. The van der Waals surface area contributed by atoms with Crippen LogP contribution in [0.5, 0.6) is 0 Å². The zero-order valence-corrected chi connectivity index (χ0v) is 53.3. The van der Waals surface area contributed by atoms with Crippen LogP contribution in [-0.2, 0) is 45.4 Å². The van der Waals surface area contributed by atoms with Gasteiger partial charge in [0.15, 0.2) is 25.0 Å². The fraction of sp³-hybridized carbons (Fsp3) is 0.542. The third-order valence-corrected chi connectivity index (χ3v) is 35.3. The summed E-state index contributed by atoms with van der Waals surface area (Å²) in [5.74, 6) is -0.465. The molecule has 1 heterocycles. The van der Waals surface area contributed by atoms with E-state index in [1.165, 1.54) is 28.6 Å². The summed E-state index contributed by atoms with van der Waals surface area (Å²) in [7, 11) is -14.4. The zero-order valence-electron chi connectivity index (χ0n) is 48.4. The van der Waals surface area contributed by atoms with Gasteiger partial charge in [0, 0.05) is 12.5 Å². The molecule has 2 aromatic carbocycles. The molecular formula is C59H95O10PSi4. The highest BCUT2D eigenvalue weighted by atomic mass is 31.2. The number of ether oxygens (including phenoxy) is 1. The third-order valence-electron chi connectivity index (χ3n) is 15.1. The first kappa shape index (κ1) is 65.2. The summed E-state index contributed by atoms with van der Waals surface area (Å²) in [6.07, 6.45) is 19.4. The summed E-state index contributed by atoms with van der Waals surface area (Å²) in [4.78, 5) is 13.0. The molecule has 15 heteroatoms. The lowest BCUT2D eigenvalue weighted by Crippen LogP contribution is -2.66. The molecule has 0 N–H and O–H groups in total. The molecule has 0 spiro atoms. The molecule has 1 aliphatic heterocycles. The molecule has 10 nitrogen and oxygen atoms in total. The summed E-state index contributed by atoms with van der Waals surface area (Å²) in [6, 6.07) is 23.7. The molecule has 5 atom stereocenters. The quantitative estimate of drug-likeness (QED) is 0.0247. The monoisotopic (exact) mass is 1110 g/mol. The molecule has 0 aromatic heterocycles. The number of allylic oxidation sites excluding steroid dienone is 4. The number of cyclic esters (lactones) is 1. The molecule has 0 fully saturated rings. The Morgan fingerprint density at radius 1 is 0.703 bits per heavy atom. The number of benzene rings is 2. The van der Waals surface area contributed by atoms with Gasteiger partial charge in [-0.3, -0.25) is 13.6 Å². The second-order valence-electron chi connectivity index (χ2n) is 23.5. The number of esters is 1. The molecule has 0 aliphatic carbocycles. The van der Waals surface area contributed by atoms with Crippen LogP contribution in [-0.4, -0.2) is 89.1 Å². The van der Waals surface area contributed by atoms with Crippen molar-refractivity contribution < 1.29 is 45.4 Å². The second-order valence-corrected chi connectivity index (χ2v) is 43.7. The Bertz CT molecular complexity index is 2210. The van der Waals surface area contributed by atoms with E-state index in [-0.39, 0.29) is 34.7 Å². The van der Waals surface area contributed by atoms with Gasteiger partial charge in [0.05, 0.1) is 31.5 Å². The average molecular weight is 1110 g/mol. The smallest absolute Gasteiger partial charge is 0.452 e. The molecule has 2 aromatic rings. The number of carbonyl (C=O) groups excluding carboxylic acids is 1. The average Bonchev–Trinajstić information content (AvgIpc) is 3.33. The highest BCUT2D eigenvalue weighted by molar-refractivity contribution is 7.48. The highest BCUT2D eigenvalue weighted by Gasteiger charge is 2.51. The van der Waals surface area contributed by atoms with Gasteiger partial charge in [-0.05, 0) is 88.9 Å². The molecule has 412 valence electrons. The maximum Gasteiger partial charge on any atom is 0.475 e. The Morgan fingerprint density at radius 2 is 1.22 bits per heavy atom. The maximum absolute atomic E-state index is 14.9. The van der Waals surface area contributed by atoms with Crippen LogP contribution in [0.25, 0.3) is 0 Å². The molecule has 74 heavy (non-hydrogen) atoms. The van der Waals surface area contributed by atoms with Crippen LogP contribution in [0.2, 0.25) is 59.4 Å². The molecule has 3 rings (SSSR count). The number of hydrogen-bond donors (Lipinski definition) is 0. The van der Waals surface area contributed by atoms with E-state index in [2.05, 4.69) is 189 Å². The Hall–Kier alpha value is -3.09. The van der Waals surface area contributed by atoms with E-state index in [4.69, 9.17) is 36.0 Å². The Kier molecular flexibility index (Phi) is 24.7. The van der Waals surface area contributed by atoms with E-state index in [1.54, 1.807) is 6.08 Å². The molecule has 0 unspecified atom stereocenters. The Balaban J connectivity index is 2.21. The van der Waals surface area contributed by atoms with Gasteiger partial charge in [-0.15, -0.1) is 13.2 Å². The minimum atomic E-state index is -4.33. The predicted molar refractivity (Wildman–Crippen MR) is 319 cm³/mol. The summed E-state index contributed by atoms with van der Waals surface area (Å²) >= 11 is 0. The summed E-state index contributed by atoms with van der Waals surface area (Å²) in [5, 5.41) is 2.07. The molecular weight excluding hydrogens is 1010 g/mol. The minimum Gasteiger partial charge on any atom is -0.452 e. The first-order valence-electron chi connectivity index (χ1n) is 26.6. The summed E-state index contributed by atoms with van der Waals surface area (Å²) in [6.45, 7) is 45.1. The fourth-order valence-corrected chi connectivity index (χ4v) is 19.9. The van der Waals surface area contributed by atoms with Crippen molar-refractivity contribution in [3.05, 3.63) is 147 Å². The topological polar surface area (TPSA) is 108 Å². The van der Waals surface area contributed by atoms with Gasteiger partial charge in [-0.25, -0.2) is 9.36 Å². The fourth-order valence-electron chi connectivity index (χ4n) is 8.46. The molecule has 0 radical (unpaired) electrons. The van der Waals surface area contributed by atoms with Crippen molar-refractivity contribution in [3.8, 4) is 0 Å². The number of carbonyl (C=O) groups is 1. The molecule has 0 saturated carbocycles.